The number of carbonyl (C=O) groups excluding carboxylic acids is 1. The van der Waals surface area contributed by atoms with Crippen molar-refractivity contribution in [2.24, 2.45) is 0 Å². The summed E-state index contributed by atoms with van der Waals surface area (Å²) in [5.41, 5.74) is 4.24. The SMILES string of the molecule is CNc1nc(N[C@H]2CC[C@H](NC(C)=O)CC2)nc2[nH]cc(-c3ccc4ncccc4n3)c12. The Bertz CT molecular complexity index is 1280. The molecule has 1 aliphatic carbocycles. The van der Waals surface area contributed by atoms with Crippen LogP contribution in [-0.2, 0) is 4.79 Å². The van der Waals surface area contributed by atoms with E-state index >= 15 is 0 Å². The normalized spacial score (nSPS) is 18.6. The second-order valence-electron chi connectivity index (χ2n) is 8.20. The third kappa shape index (κ3) is 3.93. The van der Waals surface area contributed by atoms with Gasteiger partial charge in [-0.2, -0.15) is 9.97 Å². The molecule has 9 heteroatoms. The Hall–Kier alpha value is -3.75. The molecular weight excluding hydrogens is 404 g/mol. The van der Waals surface area contributed by atoms with Gasteiger partial charge in [-0.25, -0.2) is 4.98 Å². The van der Waals surface area contributed by atoms with E-state index in [1.165, 1.54) is 0 Å². The Morgan fingerprint density at radius 2 is 1.84 bits per heavy atom. The third-order valence-electron chi connectivity index (χ3n) is 5.97. The van der Waals surface area contributed by atoms with Gasteiger partial charge in [-0.05, 0) is 49.9 Å². The fourth-order valence-electron chi connectivity index (χ4n) is 4.44. The van der Waals surface area contributed by atoms with Gasteiger partial charge >= 0.3 is 0 Å². The molecule has 0 aromatic carbocycles. The molecule has 164 valence electrons. The van der Waals surface area contributed by atoms with Gasteiger partial charge in [0.25, 0.3) is 0 Å². The zero-order chi connectivity index (χ0) is 22.1. The van der Waals surface area contributed by atoms with E-state index in [4.69, 9.17) is 15.0 Å². The number of H-pyrrole nitrogens is 1. The molecule has 0 aliphatic heterocycles. The van der Waals surface area contributed by atoms with Gasteiger partial charge in [0.1, 0.15) is 11.5 Å². The van der Waals surface area contributed by atoms with Gasteiger partial charge in [0.15, 0.2) is 0 Å². The van der Waals surface area contributed by atoms with E-state index in [1.807, 2.05) is 37.5 Å². The molecule has 5 rings (SSSR count). The van der Waals surface area contributed by atoms with Crippen LogP contribution in [0.15, 0.2) is 36.7 Å². The summed E-state index contributed by atoms with van der Waals surface area (Å²) >= 11 is 0. The van der Waals surface area contributed by atoms with E-state index in [0.29, 0.717) is 5.95 Å². The lowest BCUT2D eigenvalue weighted by atomic mass is 9.91. The lowest BCUT2D eigenvalue weighted by Gasteiger charge is -2.29. The van der Waals surface area contributed by atoms with Crippen molar-refractivity contribution in [2.45, 2.75) is 44.7 Å². The number of anilines is 2. The maximum absolute atomic E-state index is 11.3. The zero-order valence-electron chi connectivity index (χ0n) is 18.1. The van der Waals surface area contributed by atoms with E-state index in [2.05, 4.69) is 25.9 Å². The van der Waals surface area contributed by atoms with Crippen molar-refractivity contribution in [1.29, 1.82) is 0 Å². The number of carbonyl (C=O) groups is 1. The lowest BCUT2D eigenvalue weighted by Crippen LogP contribution is -2.39. The summed E-state index contributed by atoms with van der Waals surface area (Å²) < 4.78 is 0. The molecule has 0 atom stereocenters. The standard InChI is InChI=1S/C23H26N8O/c1-13(32)27-14-5-7-15(8-6-14)28-23-30-21(24-2)20-16(12-26-22(20)31-23)17-9-10-18-19(29-17)4-3-11-25-18/h3-4,9-12,14-15H,5-8H2,1-2H3,(H,27,32)(H3,24,26,28,30,31)/t14-,15-. The van der Waals surface area contributed by atoms with E-state index in [0.717, 1.165) is 64.8 Å². The van der Waals surface area contributed by atoms with Crippen molar-refractivity contribution < 1.29 is 4.79 Å². The van der Waals surface area contributed by atoms with Gasteiger partial charge in [-0.1, -0.05) is 0 Å². The second-order valence-corrected chi connectivity index (χ2v) is 8.20. The van der Waals surface area contributed by atoms with Gasteiger partial charge in [0, 0.05) is 44.0 Å². The third-order valence-corrected chi connectivity index (χ3v) is 5.97. The van der Waals surface area contributed by atoms with Crippen molar-refractivity contribution in [1.82, 2.24) is 30.2 Å². The summed E-state index contributed by atoms with van der Waals surface area (Å²) in [5.74, 6) is 1.37. The van der Waals surface area contributed by atoms with Crippen LogP contribution in [0.4, 0.5) is 11.8 Å². The van der Waals surface area contributed by atoms with Crippen LogP contribution in [-0.4, -0.2) is 50.0 Å². The highest BCUT2D eigenvalue weighted by molar-refractivity contribution is 6.01. The van der Waals surface area contributed by atoms with Crippen LogP contribution in [0.1, 0.15) is 32.6 Å². The average Bonchev–Trinajstić information content (AvgIpc) is 3.23. The molecule has 4 N–H and O–H groups in total. The molecule has 0 radical (unpaired) electrons. The molecule has 32 heavy (non-hydrogen) atoms. The molecule has 4 aromatic heterocycles. The molecule has 4 heterocycles. The minimum Gasteiger partial charge on any atom is -0.372 e. The smallest absolute Gasteiger partial charge is 0.226 e. The molecule has 0 unspecified atom stereocenters. The molecule has 4 aromatic rings. The number of amides is 1. The van der Waals surface area contributed by atoms with Gasteiger partial charge < -0.3 is 20.9 Å². The quantitative estimate of drug-likeness (QED) is 0.383. The van der Waals surface area contributed by atoms with Gasteiger partial charge in [0.2, 0.25) is 11.9 Å². The van der Waals surface area contributed by atoms with E-state index < -0.39 is 0 Å². The van der Waals surface area contributed by atoms with Crippen LogP contribution in [0.5, 0.6) is 0 Å². The molecule has 0 bridgehead atoms. The van der Waals surface area contributed by atoms with Crippen LogP contribution in [0.2, 0.25) is 0 Å². The molecule has 1 amide bonds. The average molecular weight is 431 g/mol. The molecule has 1 aliphatic rings. The van der Waals surface area contributed by atoms with Crippen LogP contribution >= 0.6 is 0 Å². The summed E-state index contributed by atoms with van der Waals surface area (Å²) in [6, 6.07) is 8.33. The number of hydrogen-bond donors (Lipinski definition) is 4. The fourth-order valence-corrected chi connectivity index (χ4v) is 4.44. The zero-order valence-corrected chi connectivity index (χ0v) is 18.1. The molecule has 9 nitrogen and oxygen atoms in total. The number of rotatable bonds is 5. The number of aromatic nitrogens is 5. The lowest BCUT2D eigenvalue weighted by molar-refractivity contribution is -0.119. The molecule has 1 saturated carbocycles. The molecule has 0 saturated heterocycles. The Kier molecular flexibility index (Phi) is 5.30. The highest BCUT2D eigenvalue weighted by atomic mass is 16.1. The first-order valence-electron chi connectivity index (χ1n) is 10.9. The van der Waals surface area contributed by atoms with Crippen molar-refractivity contribution in [3.05, 3.63) is 36.7 Å². The monoisotopic (exact) mass is 430 g/mol. The first-order chi connectivity index (χ1) is 15.6. The molecule has 0 spiro atoms. The number of hydrogen-bond acceptors (Lipinski definition) is 7. The number of aromatic amines is 1. The van der Waals surface area contributed by atoms with E-state index in [9.17, 15) is 4.79 Å². The summed E-state index contributed by atoms with van der Waals surface area (Å²) in [5, 5.41) is 10.6. The summed E-state index contributed by atoms with van der Waals surface area (Å²) in [4.78, 5) is 33.2. The van der Waals surface area contributed by atoms with Crippen molar-refractivity contribution in [3.8, 4) is 11.3 Å². The highest BCUT2D eigenvalue weighted by Gasteiger charge is 2.23. The number of nitrogens with one attached hydrogen (secondary N) is 4. The Morgan fingerprint density at radius 1 is 1.03 bits per heavy atom. The summed E-state index contributed by atoms with van der Waals surface area (Å²) in [7, 11) is 1.86. The maximum atomic E-state index is 11.3. The van der Waals surface area contributed by atoms with E-state index in [-0.39, 0.29) is 18.0 Å². The minimum atomic E-state index is 0.0357. The van der Waals surface area contributed by atoms with E-state index in [1.54, 1.807) is 13.1 Å². The number of pyridine rings is 2. The summed E-state index contributed by atoms with van der Waals surface area (Å²) in [6.45, 7) is 1.57. The van der Waals surface area contributed by atoms with Crippen molar-refractivity contribution in [2.75, 3.05) is 17.7 Å². The second kappa shape index (κ2) is 8.41. The first kappa shape index (κ1) is 20.2. The molecular formula is C23H26N8O. The predicted molar refractivity (Wildman–Crippen MR) is 125 cm³/mol. The highest BCUT2D eigenvalue weighted by Crippen LogP contribution is 2.33. The van der Waals surface area contributed by atoms with Crippen LogP contribution < -0.4 is 16.0 Å². The van der Waals surface area contributed by atoms with Crippen LogP contribution in [0.25, 0.3) is 33.3 Å². The topological polar surface area (TPSA) is 121 Å². The van der Waals surface area contributed by atoms with Crippen molar-refractivity contribution in [3.63, 3.8) is 0 Å². The largest absolute Gasteiger partial charge is 0.372 e. The summed E-state index contributed by atoms with van der Waals surface area (Å²) in [6.07, 6.45) is 7.52. The fraction of sp³-hybridized carbons (Fsp3) is 0.348. The van der Waals surface area contributed by atoms with Crippen LogP contribution in [0, 0.1) is 0 Å². The Labute approximate surface area is 185 Å². The number of nitrogens with zero attached hydrogens (tertiary/aromatic N) is 4. The Morgan fingerprint density at radius 3 is 2.62 bits per heavy atom. The predicted octanol–water partition coefficient (Wildman–Crippen LogP) is 3.47. The maximum Gasteiger partial charge on any atom is 0.226 e. The van der Waals surface area contributed by atoms with Crippen molar-refractivity contribution >= 4 is 39.7 Å². The van der Waals surface area contributed by atoms with Gasteiger partial charge in [-0.15, -0.1) is 0 Å². The first-order valence-corrected chi connectivity index (χ1v) is 10.9. The molecule has 1 fully saturated rings. The van der Waals surface area contributed by atoms with Crippen LogP contribution in [0.3, 0.4) is 0 Å². The Balaban J connectivity index is 1.41. The minimum absolute atomic E-state index is 0.0357. The van der Waals surface area contributed by atoms with Gasteiger partial charge in [0.05, 0.1) is 22.1 Å². The number of fused-ring (bicyclic) bond motifs is 2. The van der Waals surface area contributed by atoms with Gasteiger partial charge in [-0.3, -0.25) is 9.78 Å².